The van der Waals surface area contributed by atoms with Gasteiger partial charge in [-0.2, -0.15) is 0 Å². The first-order valence-corrected chi connectivity index (χ1v) is 11.5. The summed E-state index contributed by atoms with van der Waals surface area (Å²) in [5.74, 6) is -0.333. The van der Waals surface area contributed by atoms with Gasteiger partial charge in [-0.15, -0.1) is 0 Å². The van der Waals surface area contributed by atoms with E-state index in [0.29, 0.717) is 23.7 Å². The van der Waals surface area contributed by atoms with Crippen LogP contribution >= 0.6 is 0 Å². The van der Waals surface area contributed by atoms with Crippen molar-refractivity contribution in [1.82, 2.24) is 4.90 Å². The van der Waals surface area contributed by atoms with Gasteiger partial charge in [0.25, 0.3) is 0 Å². The quantitative estimate of drug-likeness (QED) is 0.714. The molecule has 176 valence electrons. The van der Waals surface area contributed by atoms with Gasteiger partial charge in [0.05, 0.1) is 7.11 Å². The average Bonchev–Trinajstić information content (AvgIpc) is 2.99. The molecule has 33 heavy (non-hydrogen) atoms. The zero-order chi connectivity index (χ0) is 23.5. The van der Waals surface area contributed by atoms with Crippen molar-refractivity contribution in [2.75, 3.05) is 26.7 Å². The molecule has 1 aliphatic carbocycles. The van der Waals surface area contributed by atoms with Gasteiger partial charge in [0.15, 0.2) is 0 Å². The molecule has 3 aliphatic heterocycles. The Morgan fingerprint density at radius 3 is 2.36 bits per heavy atom. The number of primary amides is 1. The summed E-state index contributed by atoms with van der Waals surface area (Å²) in [5, 5.41) is 0. The number of methoxy groups -OCH3 is 1. The van der Waals surface area contributed by atoms with Gasteiger partial charge >= 0.3 is 6.09 Å². The molecule has 1 amide bonds. The fourth-order valence-electron chi connectivity index (χ4n) is 6.68. The second-order valence-corrected chi connectivity index (χ2v) is 10.3. The van der Waals surface area contributed by atoms with Crippen molar-refractivity contribution in [1.29, 1.82) is 0 Å². The molecule has 5 nitrogen and oxygen atoms in total. The van der Waals surface area contributed by atoms with Gasteiger partial charge < -0.3 is 20.1 Å². The van der Waals surface area contributed by atoms with Gasteiger partial charge in [-0.3, -0.25) is 0 Å². The van der Waals surface area contributed by atoms with Crippen molar-refractivity contribution in [2.24, 2.45) is 23.0 Å². The van der Waals surface area contributed by atoms with E-state index in [2.05, 4.69) is 18.7 Å². The van der Waals surface area contributed by atoms with Gasteiger partial charge in [0.2, 0.25) is 0 Å². The third kappa shape index (κ3) is 3.31. The standard InChI is InChI=1S/C26H30F2N2O3/c1-25(2)13-16-10-19(18-5-4-17(32-3)11-22(18)27)23(28)12-20(16)26(25,33-24(29)31)21-14-30-8-6-15(21)7-9-30/h4-5,10-12,15,21H,6-9,13-14H2,1-3H3,(H2,29,31)/t21?,26-/m0/s1. The van der Waals surface area contributed by atoms with E-state index in [1.54, 1.807) is 12.1 Å². The predicted molar refractivity (Wildman–Crippen MR) is 121 cm³/mol. The lowest BCUT2D eigenvalue weighted by atomic mass is 9.60. The fraction of sp³-hybridized carbons (Fsp3) is 0.500. The van der Waals surface area contributed by atoms with Gasteiger partial charge in [0, 0.05) is 40.6 Å². The maximum atomic E-state index is 15.6. The second-order valence-electron chi connectivity index (χ2n) is 10.3. The van der Waals surface area contributed by atoms with Crippen molar-refractivity contribution in [3.05, 3.63) is 53.1 Å². The first-order valence-electron chi connectivity index (χ1n) is 11.5. The zero-order valence-corrected chi connectivity index (χ0v) is 19.3. The molecule has 2 bridgehead atoms. The van der Waals surface area contributed by atoms with Gasteiger partial charge in [0.1, 0.15) is 23.0 Å². The minimum Gasteiger partial charge on any atom is -0.497 e. The number of hydrogen-bond donors (Lipinski definition) is 1. The third-order valence-electron chi connectivity index (χ3n) is 8.14. The van der Waals surface area contributed by atoms with E-state index >= 15 is 4.39 Å². The van der Waals surface area contributed by atoms with Crippen LogP contribution < -0.4 is 10.5 Å². The minimum atomic E-state index is -1.03. The molecule has 3 fully saturated rings. The molecule has 1 unspecified atom stereocenters. The van der Waals surface area contributed by atoms with Crippen molar-refractivity contribution in [2.45, 2.75) is 38.7 Å². The molecule has 4 aliphatic rings. The highest BCUT2D eigenvalue weighted by molar-refractivity contribution is 5.70. The monoisotopic (exact) mass is 456 g/mol. The predicted octanol–water partition coefficient (Wildman–Crippen LogP) is 4.86. The Morgan fingerprint density at radius 2 is 1.79 bits per heavy atom. The van der Waals surface area contributed by atoms with Crippen LogP contribution in [0, 0.1) is 28.9 Å². The number of fused-ring (bicyclic) bond motifs is 4. The van der Waals surface area contributed by atoms with Crippen molar-refractivity contribution in [3.63, 3.8) is 0 Å². The normalized spacial score (nSPS) is 29.5. The Bertz CT molecular complexity index is 1110. The first-order chi connectivity index (χ1) is 15.7. The highest BCUT2D eigenvalue weighted by Gasteiger charge is 2.63. The molecule has 2 aromatic rings. The summed E-state index contributed by atoms with van der Waals surface area (Å²) in [7, 11) is 1.46. The summed E-state index contributed by atoms with van der Waals surface area (Å²) in [6, 6.07) is 7.55. The third-order valence-corrected chi connectivity index (χ3v) is 8.14. The number of carbonyl (C=O) groups excluding carboxylic acids is 1. The van der Waals surface area contributed by atoms with Crippen LogP contribution in [0.3, 0.4) is 0 Å². The van der Waals surface area contributed by atoms with Crippen LogP contribution in [-0.4, -0.2) is 37.7 Å². The second kappa shape index (κ2) is 7.69. The molecule has 2 N–H and O–H groups in total. The SMILES string of the molecule is COc1ccc(-c2cc3c(cc2F)[C@](OC(N)=O)(C2CN4CCC2CC4)C(C)(C)C3)c(F)c1. The van der Waals surface area contributed by atoms with E-state index in [1.807, 2.05) is 0 Å². The number of nitrogens with zero attached hydrogens (tertiary/aromatic N) is 1. The van der Waals surface area contributed by atoms with E-state index in [1.165, 1.54) is 25.3 Å². The molecule has 0 aromatic heterocycles. The van der Waals surface area contributed by atoms with E-state index in [4.69, 9.17) is 15.2 Å². The molecule has 7 heteroatoms. The van der Waals surface area contributed by atoms with Gasteiger partial charge in [-0.25, -0.2) is 13.6 Å². The van der Waals surface area contributed by atoms with Crippen LogP contribution in [0.2, 0.25) is 0 Å². The summed E-state index contributed by atoms with van der Waals surface area (Å²) in [4.78, 5) is 14.6. The highest BCUT2D eigenvalue weighted by Crippen LogP contribution is 2.60. The van der Waals surface area contributed by atoms with Crippen LogP contribution in [0.15, 0.2) is 30.3 Å². The average molecular weight is 457 g/mol. The maximum absolute atomic E-state index is 15.6. The molecule has 0 radical (unpaired) electrons. The Kier molecular flexibility index (Phi) is 5.16. The van der Waals surface area contributed by atoms with E-state index in [9.17, 15) is 9.18 Å². The zero-order valence-electron chi connectivity index (χ0n) is 19.3. The van der Waals surface area contributed by atoms with Crippen LogP contribution in [0.1, 0.15) is 37.8 Å². The Morgan fingerprint density at radius 1 is 1.09 bits per heavy atom. The van der Waals surface area contributed by atoms with Crippen molar-refractivity contribution >= 4 is 6.09 Å². The van der Waals surface area contributed by atoms with Gasteiger partial charge in [-0.1, -0.05) is 13.8 Å². The molecule has 2 aromatic carbocycles. The summed E-state index contributed by atoms with van der Waals surface area (Å²) in [6.45, 7) is 6.96. The van der Waals surface area contributed by atoms with Crippen LogP contribution in [0.4, 0.5) is 13.6 Å². The fourth-order valence-corrected chi connectivity index (χ4v) is 6.68. The summed E-state index contributed by atoms with van der Waals surface area (Å²) >= 11 is 0. The number of benzene rings is 2. The Hall–Kier alpha value is -2.67. The van der Waals surface area contributed by atoms with Gasteiger partial charge in [-0.05, 0) is 68.1 Å². The number of ether oxygens (including phenoxy) is 2. The molecule has 6 rings (SSSR count). The number of amides is 1. The lowest BCUT2D eigenvalue weighted by Crippen LogP contribution is -2.60. The van der Waals surface area contributed by atoms with Crippen LogP contribution in [0.5, 0.6) is 5.75 Å². The van der Waals surface area contributed by atoms with Crippen LogP contribution in [0.25, 0.3) is 11.1 Å². The van der Waals surface area contributed by atoms with Crippen molar-refractivity contribution in [3.8, 4) is 16.9 Å². The lowest BCUT2D eigenvalue weighted by Gasteiger charge is -2.55. The van der Waals surface area contributed by atoms with E-state index < -0.39 is 28.7 Å². The molecular formula is C26H30F2N2O3. The molecule has 3 saturated heterocycles. The molecular weight excluding hydrogens is 426 g/mol. The molecule has 0 spiro atoms. The number of halogens is 2. The number of nitrogens with two attached hydrogens (primary N) is 1. The molecule has 3 heterocycles. The summed E-state index contributed by atoms with van der Waals surface area (Å²) in [5.41, 5.74) is 5.97. The molecule has 0 saturated carbocycles. The van der Waals surface area contributed by atoms with Crippen LogP contribution in [-0.2, 0) is 16.8 Å². The van der Waals surface area contributed by atoms with Crippen molar-refractivity contribution < 1.29 is 23.0 Å². The summed E-state index contributed by atoms with van der Waals surface area (Å²) in [6.07, 6.45) is 1.78. The number of carbonyl (C=O) groups is 1. The van der Waals surface area contributed by atoms with E-state index in [0.717, 1.165) is 38.0 Å². The first kappa shape index (κ1) is 22.1. The number of rotatable bonds is 4. The summed E-state index contributed by atoms with van der Waals surface area (Å²) < 4.78 is 41.5. The largest absolute Gasteiger partial charge is 0.497 e. The number of piperidine rings is 3. The minimum absolute atomic E-state index is 0.0201. The maximum Gasteiger partial charge on any atom is 0.405 e. The Labute approximate surface area is 192 Å². The highest BCUT2D eigenvalue weighted by atomic mass is 19.1. The number of hydrogen-bond acceptors (Lipinski definition) is 4. The molecule has 2 atom stereocenters. The lowest BCUT2D eigenvalue weighted by molar-refractivity contribution is -0.157. The smallest absolute Gasteiger partial charge is 0.405 e. The Balaban J connectivity index is 1.67. The topological polar surface area (TPSA) is 64.8 Å². The van der Waals surface area contributed by atoms with E-state index in [-0.39, 0.29) is 17.0 Å².